The zero-order valence-corrected chi connectivity index (χ0v) is 11.7. The van der Waals surface area contributed by atoms with Gasteiger partial charge in [-0.25, -0.2) is 0 Å². The molecule has 0 unspecified atom stereocenters. The third-order valence-corrected chi connectivity index (χ3v) is 3.64. The van der Waals surface area contributed by atoms with E-state index < -0.39 is 5.97 Å². The molecule has 0 aromatic heterocycles. The fourth-order valence-electron chi connectivity index (χ4n) is 2.43. The normalized spacial score (nSPS) is 20.9. The van der Waals surface area contributed by atoms with Gasteiger partial charge in [0.1, 0.15) is 5.75 Å². The molecule has 5 heteroatoms. The number of ether oxygens (including phenoxy) is 1. The lowest BCUT2D eigenvalue weighted by Crippen LogP contribution is -2.47. The Balaban J connectivity index is 1.89. The van der Waals surface area contributed by atoms with Crippen molar-refractivity contribution in [3.05, 3.63) is 29.3 Å². The van der Waals surface area contributed by atoms with E-state index in [1.807, 2.05) is 25.1 Å². The summed E-state index contributed by atoms with van der Waals surface area (Å²) in [6.45, 7) is 1.96. The zero-order chi connectivity index (χ0) is 14.7. The van der Waals surface area contributed by atoms with Crippen LogP contribution in [0.1, 0.15) is 24.0 Å². The van der Waals surface area contributed by atoms with E-state index in [1.54, 1.807) is 7.11 Å². The number of rotatable bonds is 5. The maximum atomic E-state index is 12.0. The summed E-state index contributed by atoms with van der Waals surface area (Å²) in [5.41, 5.74) is 1.92. The molecule has 1 amide bonds. The Morgan fingerprint density at radius 1 is 1.40 bits per heavy atom. The molecule has 2 N–H and O–H groups in total. The molecule has 1 aliphatic carbocycles. The second-order valence-electron chi connectivity index (χ2n) is 5.26. The Morgan fingerprint density at radius 2 is 2.10 bits per heavy atom. The predicted molar refractivity (Wildman–Crippen MR) is 73.7 cm³/mol. The van der Waals surface area contributed by atoms with Crippen molar-refractivity contribution in [2.45, 2.75) is 32.2 Å². The quantitative estimate of drug-likeness (QED) is 0.855. The second kappa shape index (κ2) is 5.94. The number of carbonyl (C=O) groups excluding carboxylic acids is 1. The third-order valence-electron chi connectivity index (χ3n) is 3.64. The minimum atomic E-state index is -0.782. The van der Waals surface area contributed by atoms with E-state index in [0.717, 1.165) is 11.1 Å². The number of aryl methyl sites for hydroxylation is 1. The minimum absolute atomic E-state index is 0.0144. The van der Waals surface area contributed by atoms with E-state index in [4.69, 9.17) is 9.84 Å². The summed E-state index contributed by atoms with van der Waals surface area (Å²) in [5.74, 6) is -0.491. The molecular formula is C15H19NO4. The molecule has 0 atom stereocenters. The highest BCUT2D eigenvalue weighted by Gasteiger charge is 2.35. The molecule has 0 aliphatic heterocycles. The molecule has 1 aliphatic rings. The van der Waals surface area contributed by atoms with Crippen LogP contribution in [0.4, 0.5) is 0 Å². The summed E-state index contributed by atoms with van der Waals surface area (Å²) in [5, 5.41) is 11.7. The van der Waals surface area contributed by atoms with Crippen molar-refractivity contribution < 1.29 is 19.4 Å². The fourth-order valence-corrected chi connectivity index (χ4v) is 2.43. The molecule has 2 rings (SSSR count). The highest BCUT2D eigenvalue weighted by molar-refractivity contribution is 5.80. The van der Waals surface area contributed by atoms with Crippen LogP contribution in [0.2, 0.25) is 0 Å². The SMILES string of the molecule is COc1ccc(C)cc1CC(=O)NC1CC(C(=O)O)C1. The van der Waals surface area contributed by atoms with Crippen molar-refractivity contribution in [3.8, 4) is 5.75 Å². The second-order valence-corrected chi connectivity index (χ2v) is 5.26. The van der Waals surface area contributed by atoms with E-state index in [9.17, 15) is 9.59 Å². The zero-order valence-electron chi connectivity index (χ0n) is 11.7. The smallest absolute Gasteiger partial charge is 0.306 e. The highest BCUT2D eigenvalue weighted by Crippen LogP contribution is 2.27. The molecule has 1 saturated carbocycles. The van der Waals surface area contributed by atoms with E-state index in [-0.39, 0.29) is 24.3 Å². The maximum Gasteiger partial charge on any atom is 0.306 e. The summed E-state index contributed by atoms with van der Waals surface area (Å²) in [4.78, 5) is 22.7. The average molecular weight is 277 g/mol. The Bertz CT molecular complexity index is 521. The van der Waals surface area contributed by atoms with Gasteiger partial charge >= 0.3 is 5.97 Å². The van der Waals surface area contributed by atoms with Gasteiger partial charge in [0.25, 0.3) is 0 Å². The maximum absolute atomic E-state index is 12.0. The van der Waals surface area contributed by atoms with Gasteiger partial charge in [-0.15, -0.1) is 0 Å². The van der Waals surface area contributed by atoms with Gasteiger partial charge in [-0.05, 0) is 25.8 Å². The molecule has 20 heavy (non-hydrogen) atoms. The number of aliphatic carboxylic acids is 1. The van der Waals surface area contributed by atoms with Gasteiger partial charge in [-0.2, -0.15) is 0 Å². The van der Waals surface area contributed by atoms with Gasteiger partial charge in [0.05, 0.1) is 19.4 Å². The Labute approximate surface area is 117 Å². The van der Waals surface area contributed by atoms with Crippen molar-refractivity contribution in [1.82, 2.24) is 5.32 Å². The molecule has 0 heterocycles. The number of amides is 1. The van der Waals surface area contributed by atoms with Crippen LogP contribution in [-0.2, 0) is 16.0 Å². The standard InChI is InChI=1S/C15H19NO4/c1-9-3-4-13(20-2)10(5-9)8-14(17)16-12-6-11(7-12)15(18)19/h3-5,11-12H,6-8H2,1-2H3,(H,16,17)(H,18,19). The number of carboxylic acids is 1. The average Bonchev–Trinajstić information content (AvgIpc) is 2.33. The summed E-state index contributed by atoms with van der Waals surface area (Å²) < 4.78 is 5.24. The Hall–Kier alpha value is -2.04. The van der Waals surface area contributed by atoms with Crippen molar-refractivity contribution in [2.24, 2.45) is 5.92 Å². The topological polar surface area (TPSA) is 75.6 Å². The molecule has 0 spiro atoms. The third kappa shape index (κ3) is 3.29. The number of benzene rings is 1. The van der Waals surface area contributed by atoms with Crippen molar-refractivity contribution >= 4 is 11.9 Å². The molecule has 1 aromatic rings. The Morgan fingerprint density at radius 3 is 2.70 bits per heavy atom. The Kier molecular flexibility index (Phi) is 4.27. The van der Waals surface area contributed by atoms with Crippen LogP contribution in [0.15, 0.2) is 18.2 Å². The summed E-state index contributed by atoms with van der Waals surface area (Å²) in [6.07, 6.45) is 1.29. The van der Waals surface area contributed by atoms with Gasteiger partial charge in [0.2, 0.25) is 5.91 Å². The first-order valence-electron chi connectivity index (χ1n) is 6.65. The summed E-state index contributed by atoms with van der Waals surface area (Å²) >= 11 is 0. The van der Waals surface area contributed by atoms with Crippen LogP contribution in [0.3, 0.4) is 0 Å². The van der Waals surface area contributed by atoms with E-state index in [0.29, 0.717) is 18.6 Å². The van der Waals surface area contributed by atoms with Gasteiger partial charge < -0.3 is 15.2 Å². The van der Waals surface area contributed by atoms with Crippen LogP contribution in [0.25, 0.3) is 0 Å². The van der Waals surface area contributed by atoms with E-state index >= 15 is 0 Å². The molecule has 108 valence electrons. The van der Waals surface area contributed by atoms with Crippen LogP contribution in [0, 0.1) is 12.8 Å². The van der Waals surface area contributed by atoms with Crippen LogP contribution < -0.4 is 10.1 Å². The van der Waals surface area contributed by atoms with Crippen molar-refractivity contribution in [3.63, 3.8) is 0 Å². The summed E-state index contributed by atoms with van der Waals surface area (Å²) in [7, 11) is 1.58. The predicted octanol–water partition coefficient (Wildman–Crippen LogP) is 1.53. The van der Waals surface area contributed by atoms with Gasteiger partial charge in [-0.3, -0.25) is 9.59 Å². The van der Waals surface area contributed by atoms with E-state index in [1.165, 1.54) is 0 Å². The van der Waals surface area contributed by atoms with Crippen LogP contribution >= 0.6 is 0 Å². The molecule has 1 fully saturated rings. The lowest BCUT2D eigenvalue weighted by Gasteiger charge is -2.32. The molecule has 1 aromatic carbocycles. The summed E-state index contributed by atoms with van der Waals surface area (Å²) in [6, 6.07) is 5.70. The minimum Gasteiger partial charge on any atom is -0.496 e. The first-order chi connectivity index (χ1) is 9.49. The number of carbonyl (C=O) groups is 2. The van der Waals surface area contributed by atoms with Crippen molar-refractivity contribution in [1.29, 1.82) is 0 Å². The van der Waals surface area contributed by atoms with Gasteiger partial charge in [-0.1, -0.05) is 17.7 Å². The lowest BCUT2D eigenvalue weighted by atomic mass is 9.80. The molecular weight excluding hydrogens is 258 g/mol. The number of hydrogen-bond acceptors (Lipinski definition) is 3. The molecule has 0 saturated heterocycles. The van der Waals surface area contributed by atoms with E-state index in [2.05, 4.69) is 5.32 Å². The monoisotopic (exact) mass is 277 g/mol. The highest BCUT2D eigenvalue weighted by atomic mass is 16.5. The largest absolute Gasteiger partial charge is 0.496 e. The van der Waals surface area contributed by atoms with Gasteiger partial charge in [0, 0.05) is 11.6 Å². The first kappa shape index (κ1) is 14.4. The fraction of sp³-hybridized carbons (Fsp3) is 0.467. The lowest BCUT2D eigenvalue weighted by molar-refractivity contribution is -0.146. The number of hydrogen-bond donors (Lipinski definition) is 2. The first-order valence-corrected chi connectivity index (χ1v) is 6.65. The van der Waals surface area contributed by atoms with Crippen molar-refractivity contribution in [2.75, 3.05) is 7.11 Å². The van der Waals surface area contributed by atoms with Gasteiger partial charge in [0.15, 0.2) is 0 Å². The molecule has 0 radical (unpaired) electrons. The number of nitrogens with one attached hydrogen (secondary N) is 1. The number of methoxy groups -OCH3 is 1. The van der Waals surface area contributed by atoms with Crippen LogP contribution in [-0.4, -0.2) is 30.1 Å². The molecule has 5 nitrogen and oxygen atoms in total. The molecule has 0 bridgehead atoms. The number of carboxylic acid groups (broad SMARTS) is 1. The van der Waals surface area contributed by atoms with Crippen LogP contribution in [0.5, 0.6) is 5.75 Å².